The molecule has 1 aromatic carbocycles. The predicted octanol–water partition coefficient (Wildman–Crippen LogP) is 2.20. The number of halogens is 1. The molecule has 0 atom stereocenters. The maximum Gasteiger partial charge on any atom is 0.227 e. The van der Waals surface area contributed by atoms with Crippen LogP contribution in [0.1, 0.15) is 25.8 Å². The first kappa shape index (κ1) is 13.7. The van der Waals surface area contributed by atoms with Crippen LogP contribution in [0.15, 0.2) is 24.3 Å². The van der Waals surface area contributed by atoms with Gasteiger partial charge in [-0.3, -0.25) is 9.59 Å². The normalized spacial score (nSPS) is 18.5. The number of piperidine rings is 1. The maximum absolute atomic E-state index is 13.5. The van der Waals surface area contributed by atoms with Crippen molar-refractivity contribution in [2.45, 2.75) is 26.7 Å². The zero-order chi connectivity index (χ0) is 14.0. The molecule has 1 aliphatic rings. The van der Waals surface area contributed by atoms with E-state index in [2.05, 4.69) is 0 Å². The third kappa shape index (κ3) is 3.00. The molecule has 0 saturated carbocycles. The summed E-state index contributed by atoms with van der Waals surface area (Å²) in [5, 5.41) is 0. The second-order valence-electron chi connectivity index (χ2n) is 5.64. The summed E-state index contributed by atoms with van der Waals surface area (Å²) in [5.41, 5.74) is 0.0270. The number of benzene rings is 1. The summed E-state index contributed by atoms with van der Waals surface area (Å²) in [6, 6.07) is 6.24. The fraction of sp³-hybridized carbons (Fsp3) is 0.467. The Bertz CT molecular complexity index is 511. The molecule has 3 nitrogen and oxygen atoms in total. The minimum absolute atomic E-state index is 0.0143. The van der Waals surface area contributed by atoms with Crippen LogP contribution in [0.4, 0.5) is 4.39 Å². The first-order chi connectivity index (χ1) is 8.90. The Morgan fingerprint density at radius 1 is 1.37 bits per heavy atom. The Morgan fingerprint density at radius 2 is 2.05 bits per heavy atom. The number of rotatable bonds is 2. The van der Waals surface area contributed by atoms with Crippen molar-refractivity contribution in [2.24, 2.45) is 5.41 Å². The average molecular weight is 263 g/mol. The van der Waals surface area contributed by atoms with E-state index in [0.717, 1.165) is 0 Å². The van der Waals surface area contributed by atoms with Gasteiger partial charge in [0.2, 0.25) is 5.91 Å². The van der Waals surface area contributed by atoms with E-state index in [-0.39, 0.29) is 35.9 Å². The van der Waals surface area contributed by atoms with E-state index in [0.29, 0.717) is 18.5 Å². The number of likely N-dealkylation sites (tertiary alicyclic amines) is 1. The molecule has 2 rings (SSSR count). The molecule has 102 valence electrons. The monoisotopic (exact) mass is 263 g/mol. The van der Waals surface area contributed by atoms with E-state index in [4.69, 9.17) is 0 Å². The molecular formula is C15H18FNO2. The molecule has 1 heterocycles. The molecule has 1 fully saturated rings. The lowest BCUT2D eigenvalue weighted by Gasteiger charge is -2.35. The molecule has 0 unspecified atom stereocenters. The van der Waals surface area contributed by atoms with Gasteiger partial charge in [0.25, 0.3) is 0 Å². The molecule has 0 N–H and O–H groups in total. The lowest BCUT2D eigenvalue weighted by atomic mass is 9.81. The molecule has 19 heavy (non-hydrogen) atoms. The number of carbonyl (C=O) groups excluding carboxylic acids is 2. The molecule has 0 radical (unpaired) electrons. The maximum atomic E-state index is 13.5. The van der Waals surface area contributed by atoms with E-state index in [1.165, 1.54) is 11.0 Å². The Morgan fingerprint density at radius 3 is 2.68 bits per heavy atom. The largest absolute Gasteiger partial charge is 0.335 e. The van der Waals surface area contributed by atoms with Crippen LogP contribution in [0.3, 0.4) is 0 Å². The smallest absolute Gasteiger partial charge is 0.227 e. The van der Waals surface area contributed by atoms with Gasteiger partial charge in [-0.05, 0) is 18.1 Å². The van der Waals surface area contributed by atoms with Crippen molar-refractivity contribution in [2.75, 3.05) is 13.1 Å². The summed E-state index contributed by atoms with van der Waals surface area (Å²) in [6.07, 6.45) is 0.676. The van der Waals surface area contributed by atoms with Crippen LogP contribution in [0.5, 0.6) is 0 Å². The molecule has 1 aromatic rings. The topological polar surface area (TPSA) is 37.4 Å². The summed E-state index contributed by atoms with van der Waals surface area (Å²) < 4.78 is 13.5. The minimum Gasteiger partial charge on any atom is -0.335 e. The summed E-state index contributed by atoms with van der Waals surface area (Å²) >= 11 is 0. The highest BCUT2D eigenvalue weighted by atomic mass is 19.1. The van der Waals surface area contributed by atoms with Crippen LogP contribution in [-0.4, -0.2) is 29.7 Å². The van der Waals surface area contributed by atoms with Crippen LogP contribution in [0.2, 0.25) is 0 Å². The number of nitrogens with zero attached hydrogens (tertiary/aromatic N) is 1. The molecule has 1 saturated heterocycles. The second-order valence-corrected chi connectivity index (χ2v) is 5.64. The molecule has 4 heteroatoms. The van der Waals surface area contributed by atoms with Gasteiger partial charge in [0.05, 0.1) is 13.0 Å². The number of carbonyl (C=O) groups is 2. The molecule has 0 bridgehead atoms. The van der Waals surface area contributed by atoms with Gasteiger partial charge in [-0.2, -0.15) is 0 Å². The van der Waals surface area contributed by atoms with Crippen LogP contribution < -0.4 is 0 Å². The molecule has 1 amide bonds. The number of hydrogen-bond donors (Lipinski definition) is 0. The van der Waals surface area contributed by atoms with E-state index >= 15 is 0 Å². The summed E-state index contributed by atoms with van der Waals surface area (Å²) in [6.45, 7) is 4.49. The Kier molecular flexibility index (Phi) is 3.69. The predicted molar refractivity (Wildman–Crippen MR) is 70.1 cm³/mol. The Labute approximate surface area is 112 Å². The van der Waals surface area contributed by atoms with Gasteiger partial charge in [-0.25, -0.2) is 4.39 Å². The number of ketones is 1. The van der Waals surface area contributed by atoms with Crippen molar-refractivity contribution in [3.05, 3.63) is 35.6 Å². The third-order valence-electron chi connectivity index (χ3n) is 3.75. The first-order valence-electron chi connectivity index (χ1n) is 6.44. The summed E-state index contributed by atoms with van der Waals surface area (Å²) in [7, 11) is 0. The van der Waals surface area contributed by atoms with Gasteiger partial charge in [-0.15, -0.1) is 0 Å². The van der Waals surface area contributed by atoms with Crippen LogP contribution >= 0.6 is 0 Å². The van der Waals surface area contributed by atoms with Crippen LogP contribution in [-0.2, 0) is 16.0 Å². The van der Waals surface area contributed by atoms with E-state index in [1.807, 2.05) is 13.8 Å². The highest BCUT2D eigenvalue weighted by molar-refractivity contribution is 5.91. The Hall–Kier alpha value is -1.71. The summed E-state index contributed by atoms with van der Waals surface area (Å²) in [5.74, 6) is -0.492. The van der Waals surface area contributed by atoms with Crippen LogP contribution in [0.25, 0.3) is 0 Å². The molecular weight excluding hydrogens is 245 g/mol. The standard InChI is InChI=1S/C15H18FNO2/c1-15(2)7-8-17(10-13(15)18)14(19)9-11-5-3-4-6-12(11)16/h3-6H,7-10H2,1-2H3. The fourth-order valence-electron chi connectivity index (χ4n) is 2.15. The molecule has 0 aromatic heterocycles. The lowest BCUT2D eigenvalue weighted by Crippen LogP contribution is -2.48. The molecule has 0 aliphatic carbocycles. The minimum atomic E-state index is -0.375. The molecule has 0 spiro atoms. The van der Waals surface area contributed by atoms with Crippen molar-refractivity contribution in [1.29, 1.82) is 0 Å². The van der Waals surface area contributed by atoms with Crippen molar-refractivity contribution in [3.63, 3.8) is 0 Å². The van der Waals surface area contributed by atoms with Crippen LogP contribution in [0, 0.1) is 11.2 Å². The van der Waals surface area contributed by atoms with Gasteiger partial charge in [0.1, 0.15) is 5.82 Å². The van der Waals surface area contributed by atoms with E-state index in [1.54, 1.807) is 18.2 Å². The van der Waals surface area contributed by atoms with Gasteiger partial charge in [0, 0.05) is 12.0 Å². The number of amides is 1. The van der Waals surface area contributed by atoms with Gasteiger partial charge in [-0.1, -0.05) is 32.0 Å². The third-order valence-corrected chi connectivity index (χ3v) is 3.75. The quantitative estimate of drug-likeness (QED) is 0.820. The van der Waals surface area contributed by atoms with E-state index in [9.17, 15) is 14.0 Å². The van der Waals surface area contributed by atoms with Crippen molar-refractivity contribution < 1.29 is 14.0 Å². The highest BCUT2D eigenvalue weighted by Crippen LogP contribution is 2.27. The summed E-state index contributed by atoms with van der Waals surface area (Å²) in [4.78, 5) is 25.5. The second kappa shape index (κ2) is 5.11. The Balaban J connectivity index is 2.02. The van der Waals surface area contributed by atoms with Crippen molar-refractivity contribution in [1.82, 2.24) is 4.90 Å². The van der Waals surface area contributed by atoms with E-state index < -0.39 is 0 Å². The fourth-order valence-corrected chi connectivity index (χ4v) is 2.15. The highest BCUT2D eigenvalue weighted by Gasteiger charge is 2.35. The van der Waals surface area contributed by atoms with Gasteiger partial charge in [0.15, 0.2) is 5.78 Å². The van der Waals surface area contributed by atoms with Crippen molar-refractivity contribution in [3.8, 4) is 0 Å². The van der Waals surface area contributed by atoms with Crippen molar-refractivity contribution >= 4 is 11.7 Å². The van der Waals surface area contributed by atoms with Gasteiger partial charge >= 0.3 is 0 Å². The first-order valence-corrected chi connectivity index (χ1v) is 6.44. The number of hydrogen-bond acceptors (Lipinski definition) is 2. The molecule has 1 aliphatic heterocycles. The SMILES string of the molecule is CC1(C)CCN(C(=O)Cc2ccccc2F)CC1=O. The average Bonchev–Trinajstić information content (AvgIpc) is 2.35. The van der Waals surface area contributed by atoms with Gasteiger partial charge < -0.3 is 4.90 Å². The lowest BCUT2D eigenvalue weighted by molar-refractivity contribution is -0.142. The zero-order valence-electron chi connectivity index (χ0n) is 11.3. The number of Topliss-reactive ketones (excluding diaryl/α,β-unsaturated/α-hetero) is 1. The zero-order valence-corrected chi connectivity index (χ0v) is 11.3.